The molecule has 4 nitrogen and oxygen atoms in total. The van der Waals surface area contributed by atoms with Crippen LogP contribution in [0, 0.1) is 0 Å². The van der Waals surface area contributed by atoms with Crippen LogP contribution >= 0.6 is 0 Å². The average Bonchev–Trinajstić information content (AvgIpc) is 2.38. The summed E-state index contributed by atoms with van der Waals surface area (Å²) in [4.78, 5) is 7.83. The maximum atomic E-state index is 12.6. The van der Waals surface area contributed by atoms with Gasteiger partial charge in [-0.15, -0.1) is 0 Å². The fourth-order valence-electron chi connectivity index (χ4n) is 1.53. The van der Waals surface area contributed by atoms with Gasteiger partial charge in [-0.3, -0.25) is 0 Å². The first-order valence-electron chi connectivity index (χ1n) is 5.26. The molecule has 0 unspecified atom stereocenters. The summed E-state index contributed by atoms with van der Waals surface area (Å²) in [6.45, 7) is 0. The lowest BCUT2D eigenvalue weighted by atomic mass is 10.1. The molecule has 1 heterocycles. The van der Waals surface area contributed by atoms with E-state index in [1.54, 1.807) is 0 Å². The van der Waals surface area contributed by atoms with Gasteiger partial charge in [0.25, 0.3) is 5.88 Å². The molecule has 1 aromatic heterocycles. The van der Waals surface area contributed by atoms with Crippen molar-refractivity contribution in [3.63, 3.8) is 0 Å². The van der Waals surface area contributed by atoms with Crippen LogP contribution in [0.4, 0.5) is 19.0 Å². The summed E-state index contributed by atoms with van der Waals surface area (Å²) in [5.74, 6) is 0.160. The normalized spacial score (nSPS) is 11.4. The van der Waals surface area contributed by atoms with Crippen molar-refractivity contribution in [1.82, 2.24) is 9.97 Å². The fourth-order valence-corrected chi connectivity index (χ4v) is 1.53. The molecule has 0 saturated heterocycles. The van der Waals surface area contributed by atoms with Gasteiger partial charge in [0.05, 0.1) is 24.6 Å². The van der Waals surface area contributed by atoms with Crippen LogP contribution in [0.1, 0.15) is 5.56 Å². The largest absolute Gasteiger partial charge is 0.478 e. The van der Waals surface area contributed by atoms with Crippen molar-refractivity contribution in [1.29, 1.82) is 0 Å². The molecule has 0 bridgehead atoms. The number of aromatic nitrogens is 2. The highest BCUT2D eigenvalue weighted by Gasteiger charge is 2.30. The van der Waals surface area contributed by atoms with Gasteiger partial charge >= 0.3 is 6.18 Å². The van der Waals surface area contributed by atoms with Crippen LogP contribution in [-0.2, 0) is 6.18 Å². The SMILES string of the molecule is COc1nc(-c2cccc(C(F)(F)F)c2)cnc1N. The molecule has 0 atom stereocenters. The number of nitrogens with zero attached hydrogens (tertiary/aromatic N) is 2. The lowest BCUT2D eigenvalue weighted by Crippen LogP contribution is -2.05. The van der Waals surface area contributed by atoms with Gasteiger partial charge in [-0.1, -0.05) is 12.1 Å². The van der Waals surface area contributed by atoms with Gasteiger partial charge in [0.15, 0.2) is 5.82 Å². The quantitative estimate of drug-likeness (QED) is 0.910. The molecule has 0 fully saturated rings. The van der Waals surface area contributed by atoms with Gasteiger partial charge < -0.3 is 10.5 Å². The van der Waals surface area contributed by atoms with E-state index in [-0.39, 0.29) is 17.4 Å². The number of hydrogen-bond acceptors (Lipinski definition) is 4. The van der Waals surface area contributed by atoms with E-state index in [2.05, 4.69) is 9.97 Å². The first-order chi connectivity index (χ1) is 8.91. The predicted molar refractivity (Wildman–Crippen MR) is 63.4 cm³/mol. The third kappa shape index (κ3) is 2.75. The maximum Gasteiger partial charge on any atom is 0.416 e. The third-order valence-electron chi connectivity index (χ3n) is 2.45. The summed E-state index contributed by atoms with van der Waals surface area (Å²) in [6.07, 6.45) is -3.10. The molecule has 2 N–H and O–H groups in total. The van der Waals surface area contributed by atoms with E-state index in [0.29, 0.717) is 5.56 Å². The monoisotopic (exact) mass is 269 g/mol. The zero-order chi connectivity index (χ0) is 14.0. The Morgan fingerprint density at radius 3 is 2.63 bits per heavy atom. The van der Waals surface area contributed by atoms with Crippen molar-refractivity contribution in [3.05, 3.63) is 36.0 Å². The number of halogens is 3. The summed E-state index contributed by atoms with van der Waals surface area (Å²) in [5, 5.41) is 0. The van der Waals surface area contributed by atoms with Crippen LogP contribution in [0.25, 0.3) is 11.3 Å². The van der Waals surface area contributed by atoms with E-state index in [9.17, 15) is 13.2 Å². The highest BCUT2D eigenvalue weighted by molar-refractivity contribution is 5.61. The van der Waals surface area contributed by atoms with Gasteiger partial charge in [-0.2, -0.15) is 13.2 Å². The zero-order valence-corrected chi connectivity index (χ0v) is 9.90. The van der Waals surface area contributed by atoms with Crippen LogP contribution in [0.15, 0.2) is 30.5 Å². The number of hydrogen-bond donors (Lipinski definition) is 1. The van der Waals surface area contributed by atoms with Gasteiger partial charge in [-0.25, -0.2) is 9.97 Å². The van der Waals surface area contributed by atoms with Gasteiger partial charge in [0, 0.05) is 5.56 Å². The average molecular weight is 269 g/mol. The highest BCUT2D eigenvalue weighted by atomic mass is 19.4. The minimum absolute atomic E-state index is 0.0786. The number of alkyl halides is 3. The van der Waals surface area contributed by atoms with Gasteiger partial charge in [-0.05, 0) is 12.1 Å². The Hall–Kier alpha value is -2.31. The Balaban J connectivity index is 2.47. The lowest BCUT2D eigenvalue weighted by Gasteiger charge is -2.09. The van der Waals surface area contributed by atoms with Crippen LogP contribution in [-0.4, -0.2) is 17.1 Å². The second-order valence-electron chi connectivity index (χ2n) is 3.73. The summed E-state index contributed by atoms with van der Waals surface area (Å²) >= 11 is 0. The number of anilines is 1. The number of nitrogens with two attached hydrogens (primary N) is 1. The van der Waals surface area contributed by atoms with E-state index in [4.69, 9.17) is 10.5 Å². The minimum Gasteiger partial charge on any atom is -0.478 e. The van der Waals surface area contributed by atoms with Crippen molar-refractivity contribution in [2.45, 2.75) is 6.18 Å². The molecule has 0 radical (unpaired) electrons. The number of nitrogen functional groups attached to an aromatic ring is 1. The van der Waals surface area contributed by atoms with Crippen molar-refractivity contribution < 1.29 is 17.9 Å². The minimum atomic E-state index is -4.40. The fraction of sp³-hybridized carbons (Fsp3) is 0.167. The molecule has 0 aliphatic carbocycles. The molecule has 2 aromatic rings. The molecule has 100 valence electrons. The van der Waals surface area contributed by atoms with Crippen molar-refractivity contribution in [3.8, 4) is 17.1 Å². The van der Waals surface area contributed by atoms with E-state index in [1.807, 2.05) is 0 Å². The molecule has 7 heteroatoms. The number of rotatable bonds is 2. The van der Waals surface area contributed by atoms with Crippen LogP contribution in [0.2, 0.25) is 0 Å². The maximum absolute atomic E-state index is 12.6. The Bertz CT molecular complexity index is 599. The Morgan fingerprint density at radius 1 is 1.26 bits per heavy atom. The smallest absolute Gasteiger partial charge is 0.416 e. The van der Waals surface area contributed by atoms with Crippen molar-refractivity contribution >= 4 is 5.82 Å². The zero-order valence-electron chi connectivity index (χ0n) is 9.90. The van der Waals surface area contributed by atoms with Gasteiger partial charge in [0.2, 0.25) is 0 Å². The molecule has 1 aromatic carbocycles. The molecule has 0 amide bonds. The van der Waals surface area contributed by atoms with Gasteiger partial charge in [0.1, 0.15) is 0 Å². The first kappa shape index (κ1) is 13.1. The Labute approximate surface area is 107 Å². The molecule has 0 saturated carbocycles. The van der Waals surface area contributed by atoms with E-state index in [1.165, 1.54) is 25.4 Å². The first-order valence-corrected chi connectivity index (χ1v) is 5.26. The second kappa shape index (κ2) is 4.75. The summed E-state index contributed by atoms with van der Waals surface area (Å²) in [5.41, 5.74) is 5.30. The summed E-state index contributed by atoms with van der Waals surface area (Å²) < 4.78 is 42.7. The summed E-state index contributed by atoms with van der Waals surface area (Å²) in [6, 6.07) is 4.81. The van der Waals surface area contributed by atoms with E-state index < -0.39 is 11.7 Å². The number of benzene rings is 1. The third-order valence-corrected chi connectivity index (χ3v) is 2.45. The Kier molecular flexibility index (Phi) is 3.28. The topological polar surface area (TPSA) is 61.0 Å². The number of ether oxygens (including phenoxy) is 1. The van der Waals surface area contributed by atoms with Crippen molar-refractivity contribution in [2.24, 2.45) is 0 Å². The summed E-state index contributed by atoms with van der Waals surface area (Å²) in [7, 11) is 1.36. The van der Waals surface area contributed by atoms with Crippen LogP contribution in [0.5, 0.6) is 5.88 Å². The molecular weight excluding hydrogens is 259 g/mol. The molecular formula is C12H10F3N3O. The number of methoxy groups -OCH3 is 1. The van der Waals surface area contributed by atoms with Crippen molar-refractivity contribution in [2.75, 3.05) is 12.8 Å². The van der Waals surface area contributed by atoms with Crippen LogP contribution < -0.4 is 10.5 Å². The molecule has 2 rings (SSSR count). The Morgan fingerprint density at radius 2 is 2.00 bits per heavy atom. The van der Waals surface area contributed by atoms with E-state index >= 15 is 0 Å². The molecule has 19 heavy (non-hydrogen) atoms. The second-order valence-corrected chi connectivity index (χ2v) is 3.73. The standard InChI is InChI=1S/C12H10F3N3O/c1-19-11-10(16)17-6-9(18-11)7-3-2-4-8(5-7)12(13,14)15/h2-6H,1H3,(H2,16,17). The van der Waals surface area contributed by atoms with E-state index in [0.717, 1.165) is 12.1 Å². The lowest BCUT2D eigenvalue weighted by molar-refractivity contribution is -0.137. The molecule has 0 spiro atoms. The highest BCUT2D eigenvalue weighted by Crippen LogP contribution is 2.32. The predicted octanol–water partition coefficient (Wildman–Crippen LogP) is 2.75. The van der Waals surface area contributed by atoms with Crippen LogP contribution in [0.3, 0.4) is 0 Å². The molecule has 0 aliphatic rings. The molecule has 0 aliphatic heterocycles.